The number of piperidine rings is 1. The molecule has 1 aliphatic heterocycles. The van der Waals surface area contributed by atoms with Crippen molar-refractivity contribution in [2.75, 3.05) is 6.54 Å². The molecule has 4 nitrogen and oxygen atoms in total. The Morgan fingerprint density at radius 3 is 2.75 bits per heavy atom. The monoisotopic (exact) mass is 295 g/mol. The minimum atomic E-state index is -0.357. The predicted octanol–water partition coefficient (Wildman–Crippen LogP) is 1.30. The Kier molecular flexibility index (Phi) is 4.67. The first-order chi connectivity index (χ1) is 9.49. The summed E-state index contributed by atoms with van der Waals surface area (Å²) in [6, 6.07) is 4.39. The average molecular weight is 295 g/mol. The van der Waals surface area contributed by atoms with E-state index in [4.69, 9.17) is 23.7 Å². The van der Waals surface area contributed by atoms with Crippen molar-refractivity contribution in [1.82, 2.24) is 4.90 Å². The molecular weight excluding hydrogens is 277 g/mol. The standard InChI is InChI=1S/C14H18FN3OS/c15-11-7-9(14(17)20)4-5-10(11)8-18-6-2-1-3-12(18)13(16)19/h4-5,7,12H,1-3,6,8H2,(H2,16,19)(H2,17,20). The number of nitrogens with zero attached hydrogens (tertiary/aromatic N) is 1. The zero-order valence-corrected chi connectivity index (χ0v) is 12.0. The van der Waals surface area contributed by atoms with Crippen molar-refractivity contribution in [2.24, 2.45) is 11.5 Å². The van der Waals surface area contributed by atoms with Crippen molar-refractivity contribution in [2.45, 2.75) is 31.8 Å². The highest BCUT2D eigenvalue weighted by Gasteiger charge is 2.27. The molecule has 1 heterocycles. The van der Waals surface area contributed by atoms with E-state index in [2.05, 4.69) is 0 Å². The lowest BCUT2D eigenvalue weighted by Gasteiger charge is -2.33. The quantitative estimate of drug-likeness (QED) is 0.821. The first-order valence-electron chi connectivity index (χ1n) is 6.60. The van der Waals surface area contributed by atoms with E-state index >= 15 is 0 Å². The second-order valence-electron chi connectivity index (χ2n) is 5.05. The smallest absolute Gasteiger partial charge is 0.234 e. The van der Waals surface area contributed by atoms with Crippen LogP contribution in [0.1, 0.15) is 30.4 Å². The lowest BCUT2D eigenvalue weighted by Crippen LogP contribution is -2.47. The normalized spacial score (nSPS) is 19.8. The molecule has 0 aromatic heterocycles. The molecular formula is C14H18FN3OS. The number of benzene rings is 1. The number of rotatable bonds is 4. The Morgan fingerprint density at radius 2 is 2.15 bits per heavy atom. The number of hydrogen-bond acceptors (Lipinski definition) is 3. The maximum atomic E-state index is 14.0. The first-order valence-corrected chi connectivity index (χ1v) is 7.01. The number of carbonyl (C=O) groups excluding carboxylic acids is 1. The van der Waals surface area contributed by atoms with Crippen molar-refractivity contribution in [3.05, 3.63) is 35.1 Å². The molecule has 0 bridgehead atoms. The molecule has 1 saturated heterocycles. The topological polar surface area (TPSA) is 72.4 Å². The number of nitrogens with two attached hydrogens (primary N) is 2. The van der Waals surface area contributed by atoms with E-state index in [1.54, 1.807) is 12.1 Å². The summed E-state index contributed by atoms with van der Waals surface area (Å²) in [5.74, 6) is -0.700. The number of halogens is 1. The fourth-order valence-electron chi connectivity index (χ4n) is 2.55. The third-order valence-electron chi connectivity index (χ3n) is 3.65. The largest absolute Gasteiger partial charge is 0.389 e. The van der Waals surface area contributed by atoms with E-state index in [0.29, 0.717) is 17.7 Å². The molecule has 1 fully saturated rings. The van der Waals surface area contributed by atoms with Crippen LogP contribution in [0, 0.1) is 5.82 Å². The van der Waals surface area contributed by atoms with Gasteiger partial charge >= 0.3 is 0 Å². The van der Waals surface area contributed by atoms with Gasteiger partial charge in [-0.25, -0.2) is 4.39 Å². The van der Waals surface area contributed by atoms with Crippen LogP contribution < -0.4 is 11.5 Å². The first kappa shape index (κ1) is 14.9. The van der Waals surface area contributed by atoms with Gasteiger partial charge in [0, 0.05) is 17.7 Å². The maximum Gasteiger partial charge on any atom is 0.234 e. The van der Waals surface area contributed by atoms with Crippen LogP contribution in [-0.4, -0.2) is 28.4 Å². The lowest BCUT2D eigenvalue weighted by molar-refractivity contribution is -0.124. The number of amides is 1. The van der Waals surface area contributed by atoms with Gasteiger partial charge in [0.05, 0.1) is 6.04 Å². The van der Waals surface area contributed by atoms with Gasteiger partial charge in [-0.2, -0.15) is 0 Å². The van der Waals surface area contributed by atoms with E-state index in [9.17, 15) is 9.18 Å². The van der Waals surface area contributed by atoms with Crippen LogP contribution in [0.15, 0.2) is 18.2 Å². The summed E-state index contributed by atoms with van der Waals surface area (Å²) in [5, 5.41) is 0. The maximum absolute atomic E-state index is 14.0. The number of likely N-dealkylation sites (tertiary alicyclic amines) is 1. The zero-order chi connectivity index (χ0) is 14.7. The zero-order valence-electron chi connectivity index (χ0n) is 11.1. The summed E-state index contributed by atoms with van der Waals surface area (Å²) in [5.41, 5.74) is 11.9. The molecule has 0 spiro atoms. The van der Waals surface area contributed by atoms with Crippen molar-refractivity contribution in [1.29, 1.82) is 0 Å². The highest BCUT2D eigenvalue weighted by Crippen LogP contribution is 2.21. The summed E-state index contributed by atoms with van der Waals surface area (Å²) in [6.45, 7) is 1.13. The minimum absolute atomic E-state index is 0.170. The molecule has 0 aliphatic carbocycles. The fraction of sp³-hybridized carbons (Fsp3) is 0.429. The number of carbonyl (C=O) groups is 1. The van der Waals surface area contributed by atoms with Gasteiger partial charge in [0.15, 0.2) is 0 Å². The summed E-state index contributed by atoms with van der Waals surface area (Å²) in [4.78, 5) is 13.5. The molecule has 1 aliphatic rings. The molecule has 0 radical (unpaired) electrons. The van der Waals surface area contributed by atoms with Crippen molar-refractivity contribution in [3.63, 3.8) is 0 Å². The Balaban J connectivity index is 2.16. The van der Waals surface area contributed by atoms with Crippen LogP contribution >= 0.6 is 12.2 Å². The van der Waals surface area contributed by atoms with Crippen molar-refractivity contribution >= 4 is 23.1 Å². The van der Waals surface area contributed by atoms with E-state index < -0.39 is 0 Å². The van der Waals surface area contributed by atoms with Gasteiger partial charge in [-0.3, -0.25) is 9.69 Å². The number of thiocarbonyl (C=S) groups is 1. The molecule has 2 rings (SSSR count). The van der Waals surface area contributed by atoms with Crippen molar-refractivity contribution in [3.8, 4) is 0 Å². The molecule has 1 aromatic rings. The third-order valence-corrected chi connectivity index (χ3v) is 3.89. The van der Waals surface area contributed by atoms with Crippen LogP contribution in [0.2, 0.25) is 0 Å². The van der Waals surface area contributed by atoms with Crippen LogP contribution in [0.5, 0.6) is 0 Å². The van der Waals surface area contributed by atoms with E-state index in [-0.39, 0.29) is 22.8 Å². The third kappa shape index (κ3) is 3.32. The molecule has 108 valence electrons. The Hall–Kier alpha value is -1.53. The molecule has 0 saturated carbocycles. The summed E-state index contributed by atoms with van der Waals surface area (Å²) >= 11 is 4.82. The van der Waals surface area contributed by atoms with Gasteiger partial charge in [0.2, 0.25) is 5.91 Å². The molecule has 4 N–H and O–H groups in total. The van der Waals surface area contributed by atoms with E-state index in [1.807, 2.05) is 4.90 Å². The SMILES string of the molecule is NC(=O)C1CCCCN1Cc1ccc(C(N)=S)cc1F. The van der Waals surface area contributed by atoms with Gasteiger partial charge in [-0.15, -0.1) is 0 Å². The van der Waals surface area contributed by atoms with E-state index in [1.165, 1.54) is 6.07 Å². The van der Waals surface area contributed by atoms with Gasteiger partial charge in [0.25, 0.3) is 0 Å². The van der Waals surface area contributed by atoms with Crippen LogP contribution in [-0.2, 0) is 11.3 Å². The van der Waals surface area contributed by atoms with Gasteiger partial charge in [0.1, 0.15) is 10.8 Å². The van der Waals surface area contributed by atoms with Crippen molar-refractivity contribution < 1.29 is 9.18 Å². The molecule has 1 unspecified atom stereocenters. The minimum Gasteiger partial charge on any atom is -0.389 e. The second kappa shape index (κ2) is 6.28. The summed E-state index contributed by atoms with van der Waals surface area (Å²) < 4.78 is 14.0. The van der Waals surface area contributed by atoms with Gasteiger partial charge < -0.3 is 11.5 Å². The highest BCUT2D eigenvalue weighted by atomic mass is 32.1. The molecule has 20 heavy (non-hydrogen) atoms. The van der Waals surface area contributed by atoms with Gasteiger partial charge in [-0.1, -0.05) is 30.8 Å². The Labute approximate surface area is 122 Å². The van der Waals surface area contributed by atoms with Crippen LogP contribution in [0.4, 0.5) is 4.39 Å². The summed E-state index contributed by atoms with van der Waals surface area (Å²) in [6.07, 6.45) is 2.71. The van der Waals surface area contributed by atoms with Gasteiger partial charge in [-0.05, 0) is 25.5 Å². The number of hydrogen-bond donors (Lipinski definition) is 2. The summed E-state index contributed by atoms with van der Waals surface area (Å²) in [7, 11) is 0. The second-order valence-corrected chi connectivity index (χ2v) is 5.49. The fourth-order valence-corrected chi connectivity index (χ4v) is 2.68. The predicted molar refractivity (Wildman–Crippen MR) is 79.5 cm³/mol. The molecule has 6 heteroatoms. The van der Waals surface area contributed by atoms with E-state index in [0.717, 1.165) is 25.8 Å². The Morgan fingerprint density at radius 1 is 1.40 bits per heavy atom. The number of primary amides is 1. The van der Waals surface area contributed by atoms with Crippen LogP contribution in [0.3, 0.4) is 0 Å². The lowest BCUT2D eigenvalue weighted by atomic mass is 10.0. The molecule has 1 atom stereocenters. The average Bonchev–Trinajstić information content (AvgIpc) is 2.41. The Bertz CT molecular complexity index is 535. The molecule has 1 aromatic carbocycles. The molecule has 1 amide bonds. The highest BCUT2D eigenvalue weighted by molar-refractivity contribution is 7.80. The van der Waals surface area contributed by atoms with Crippen LogP contribution in [0.25, 0.3) is 0 Å².